The highest BCUT2D eigenvalue weighted by atomic mass is 16.6. The summed E-state index contributed by atoms with van der Waals surface area (Å²) in [6.45, 7) is 13.5. The molecule has 0 aliphatic heterocycles. The summed E-state index contributed by atoms with van der Waals surface area (Å²) in [6, 6.07) is 0. The third-order valence-corrected chi connectivity index (χ3v) is 2.56. The molecule has 6 heteroatoms. The lowest BCUT2D eigenvalue weighted by molar-refractivity contribution is -0.150. The van der Waals surface area contributed by atoms with Crippen molar-refractivity contribution in [3.8, 4) is 0 Å². The third-order valence-electron chi connectivity index (χ3n) is 2.56. The van der Waals surface area contributed by atoms with Crippen molar-refractivity contribution in [2.45, 2.75) is 46.0 Å². The van der Waals surface area contributed by atoms with E-state index in [-0.39, 0.29) is 24.3 Å². The Morgan fingerprint density at radius 1 is 0.955 bits per heavy atom. The molecule has 3 unspecified atom stereocenters. The molecule has 0 aromatic carbocycles. The summed E-state index contributed by atoms with van der Waals surface area (Å²) in [5, 5.41) is 0. The van der Waals surface area contributed by atoms with Crippen LogP contribution in [0.5, 0.6) is 0 Å². The largest absolute Gasteiger partial charge is 0.460 e. The number of carbonyl (C=O) groups excluding carboxylic acids is 1. The second-order valence-corrected chi connectivity index (χ2v) is 5.15. The van der Waals surface area contributed by atoms with Crippen molar-refractivity contribution in [2.75, 3.05) is 39.6 Å². The van der Waals surface area contributed by atoms with E-state index in [0.717, 1.165) is 0 Å². The molecule has 0 rings (SSSR count). The lowest BCUT2D eigenvalue weighted by Gasteiger charge is -2.19. The first-order chi connectivity index (χ1) is 10.5. The van der Waals surface area contributed by atoms with E-state index in [2.05, 4.69) is 6.58 Å². The van der Waals surface area contributed by atoms with E-state index in [9.17, 15) is 4.79 Å². The number of esters is 1. The van der Waals surface area contributed by atoms with E-state index in [4.69, 9.17) is 23.7 Å². The van der Waals surface area contributed by atoms with E-state index >= 15 is 0 Å². The fourth-order valence-electron chi connectivity index (χ4n) is 1.55. The molecule has 0 spiro atoms. The van der Waals surface area contributed by atoms with Gasteiger partial charge in [-0.2, -0.15) is 0 Å². The second kappa shape index (κ2) is 13.7. The van der Waals surface area contributed by atoms with Crippen LogP contribution in [-0.4, -0.2) is 63.9 Å². The van der Waals surface area contributed by atoms with E-state index in [1.807, 2.05) is 13.8 Å². The second-order valence-electron chi connectivity index (χ2n) is 5.15. The predicted octanol–water partition coefficient (Wildman–Crippen LogP) is 1.97. The van der Waals surface area contributed by atoms with Crippen LogP contribution in [0.3, 0.4) is 0 Å². The van der Waals surface area contributed by atoms with Crippen LogP contribution < -0.4 is 0 Å². The molecule has 130 valence electrons. The molecule has 0 N–H and O–H groups in total. The van der Waals surface area contributed by atoms with Gasteiger partial charge in [0.1, 0.15) is 6.10 Å². The van der Waals surface area contributed by atoms with Gasteiger partial charge in [-0.15, -0.1) is 6.58 Å². The molecule has 0 radical (unpaired) electrons. The van der Waals surface area contributed by atoms with Crippen molar-refractivity contribution in [1.82, 2.24) is 0 Å². The Labute approximate surface area is 133 Å². The summed E-state index contributed by atoms with van der Waals surface area (Å²) in [5.74, 6) is -0.303. The number of ether oxygens (including phenoxy) is 5. The Morgan fingerprint density at radius 3 is 2.09 bits per heavy atom. The molecule has 0 aliphatic rings. The first kappa shape index (κ1) is 21.0. The fourth-order valence-corrected chi connectivity index (χ4v) is 1.55. The maximum absolute atomic E-state index is 10.8. The van der Waals surface area contributed by atoms with Gasteiger partial charge in [-0.3, -0.25) is 4.79 Å². The van der Waals surface area contributed by atoms with Gasteiger partial charge in [0.05, 0.1) is 51.8 Å². The van der Waals surface area contributed by atoms with Crippen molar-refractivity contribution in [2.24, 2.45) is 0 Å². The lowest BCUT2D eigenvalue weighted by Crippen LogP contribution is -2.27. The van der Waals surface area contributed by atoms with Crippen molar-refractivity contribution < 1.29 is 28.5 Å². The van der Waals surface area contributed by atoms with E-state index in [1.54, 1.807) is 13.0 Å². The Balaban J connectivity index is 3.53. The first-order valence-corrected chi connectivity index (χ1v) is 7.62. The van der Waals surface area contributed by atoms with Gasteiger partial charge < -0.3 is 23.7 Å². The van der Waals surface area contributed by atoms with E-state index < -0.39 is 0 Å². The highest BCUT2D eigenvalue weighted by molar-refractivity contribution is 5.66. The number of hydrogen-bond acceptors (Lipinski definition) is 6. The van der Waals surface area contributed by atoms with E-state index in [1.165, 1.54) is 6.92 Å². The summed E-state index contributed by atoms with van der Waals surface area (Å²) in [6.07, 6.45) is 1.36. The van der Waals surface area contributed by atoms with Gasteiger partial charge in [0, 0.05) is 6.92 Å². The number of rotatable bonds is 14. The van der Waals surface area contributed by atoms with Gasteiger partial charge in [0.15, 0.2) is 0 Å². The number of carbonyl (C=O) groups is 1. The average Bonchev–Trinajstić information content (AvgIpc) is 2.46. The van der Waals surface area contributed by atoms with Crippen LogP contribution in [0.15, 0.2) is 12.7 Å². The molecule has 0 saturated heterocycles. The van der Waals surface area contributed by atoms with Gasteiger partial charge in [0.2, 0.25) is 0 Å². The molecule has 0 saturated carbocycles. The van der Waals surface area contributed by atoms with Gasteiger partial charge >= 0.3 is 5.97 Å². The SMILES string of the molecule is C=CCOCCOCC(C)OCC(C)OCC(C)OC(C)=O. The van der Waals surface area contributed by atoms with Crippen LogP contribution >= 0.6 is 0 Å². The van der Waals surface area contributed by atoms with Gasteiger partial charge in [-0.25, -0.2) is 0 Å². The van der Waals surface area contributed by atoms with Gasteiger partial charge in [0.25, 0.3) is 0 Å². The van der Waals surface area contributed by atoms with Crippen LogP contribution in [0.2, 0.25) is 0 Å². The lowest BCUT2D eigenvalue weighted by atomic mass is 10.4. The van der Waals surface area contributed by atoms with Gasteiger partial charge in [-0.1, -0.05) is 6.08 Å². The molecular formula is C16H30O6. The minimum atomic E-state index is -0.303. The molecule has 0 bridgehead atoms. The first-order valence-electron chi connectivity index (χ1n) is 7.62. The topological polar surface area (TPSA) is 63.2 Å². The van der Waals surface area contributed by atoms with Crippen molar-refractivity contribution in [3.05, 3.63) is 12.7 Å². The zero-order valence-corrected chi connectivity index (χ0v) is 14.2. The summed E-state index contributed by atoms with van der Waals surface area (Å²) in [4.78, 5) is 10.8. The molecule has 0 heterocycles. The normalized spacial score (nSPS) is 15.1. The summed E-state index contributed by atoms with van der Waals surface area (Å²) in [5.41, 5.74) is 0. The van der Waals surface area contributed by atoms with Crippen LogP contribution in [0.25, 0.3) is 0 Å². The van der Waals surface area contributed by atoms with Crippen LogP contribution in [0.1, 0.15) is 27.7 Å². The van der Waals surface area contributed by atoms with E-state index in [0.29, 0.717) is 39.6 Å². The van der Waals surface area contributed by atoms with Gasteiger partial charge in [-0.05, 0) is 20.8 Å². The zero-order valence-electron chi connectivity index (χ0n) is 14.2. The highest BCUT2D eigenvalue weighted by Crippen LogP contribution is 2.01. The molecule has 0 fully saturated rings. The maximum atomic E-state index is 10.8. The number of hydrogen-bond donors (Lipinski definition) is 0. The average molecular weight is 318 g/mol. The molecule has 0 amide bonds. The maximum Gasteiger partial charge on any atom is 0.302 e. The highest BCUT2D eigenvalue weighted by Gasteiger charge is 2.11. The smallest absolute Gasteiger partial charge is 0.302 e. The summed E-state index contributed by atoms with van der Waals surface area (Å²) < 4.78 is 26.8. The van der Waals surface area contributed by atoms with Crippen molar-refractivity contribution >= 4 is 5.97 Å². The van der Waals surface area contributed by atoms with Crippen LogP contribution in [-0.2, 0) is 28.5 Å². The molecule has 0 aliphatic carbocycles. The van der Waals surface area contributed by atoms with Crippen LogP contribution in [0.4, 0.5) is 0 Å². The predicted molar refractivity (Wildman–Crippen MR) is 83.9 cm³/mol. The van der Waals surface area contributed by atoms with Crippen LogP contribution in [0, 0.1) is 0 Å². The Bertz CT molecular complexity index is 294. The molecule has 0 aromatic rings. The summed E-state index contributed by atoms with van der Waals surface area (Å²) in [7, 11) is 0. The third kappa shape index (κ3) is 14.0. The standard InChI is InChI=1S/C16H30O6/c1-6-7-18-8-9-19-10-13(2)20-11-14(3)21-12-15(4)22-16(5)17/h6,13-15H,1,7-12H2,2-5H3. The zero-order chi connectivity index (χ0) is 16.8. The molecule has 22 heavy (non-hydrogen) atoms. The Kier molecular flexibility index (Phi) is 13.1. The summed E-state index contributed by atoms with van der Waals surface area (Å²) >= 11 is 0. The molecule has 0 aromatic heterocycles. The van der Waals surface area contributed by atoms with Crippen molar-refractivity contribution in [1.29, 1.82) is 0 Å². The minimum Gasteiger partial charge on any atom is -0.460 e. The fraction of sp³-hybridized carbons (Fsp3) is 0.812. The molecule has 3 atom stereocenters. The molecule has 6 nitrogen and oxygen atoms in total. The molecular weight excluding hydrogens is 288 g/mol. The minimum absolute atomic E-state index is 0.0173. The Morgan fingerprint density at radius 2 is 1.50 bits per heavy atom. The monoisotopic (exact) mass is 318 g/mol. The van der Waals surface area contributed by atoms with Crippen molar-refractivity contribution in [3.63, 3.8) is 0 Å². The quantitative estimate of drug-likeness (QED) is 0.277. The Hall–Kier alpha value is -0.950.